The van der Waals surface area contributed by atoms with Crippen LogP contribution >= 0.6 is 0 Å². The predicted octanol–water partition coefficient (Wildman–Crippen LogP) is 0.843. The number of nitrogens with zero attached hydrogens (tertiary/aromatic N) is 2. The quantitative estimate of drug-likeness (QED) is 0.827. The third-order valence-corrected chi connectivity index (χ3v) is 2.90. The summed E-state index contributed by atoms with van der Waals surface area (Å²) in [5.74, 6) is 0.489. The molecule has 5 heteroatoms. The van der Waals surface area contributed by atoms with E-state index in [1.165, 1.54) is 0 Å². The second kappa shape index (κ2) is 3.78. The van der Waals surface area contributed by atoms with Crippen LogP contribution in [0.5, 0.6) is 0 Å². The van der Waals surface area contributed by atoms with E-state index in [9.17, 15) is 4.79 Å². The Labute approximate surface area is 97.6 Å². The van der Waals surface area contributed by atoms with E-state index in [4.69, 9.17) is 10.5 Å². The lowest BCUT2D eigenvalue weighted by atomic mass is 10.1. The molecule has 2 N–H and O–H groups in total. The van der Waals surface area contributed by atoms with Crippen molar-refractivity contribution in [3.8, 4) is 0 Å². The number of aromatic nitrogens is 2. The molecule has 1 fully saturated rings. The number of fused-ring (bicyclic) bond motifs is 1. The van der Waals surface area contributed by atoms with Gasteiger partial charge in [-0.3, -0.25) is 4.79 Å². The first-order valence-corrected chi connectivity index (χ1v) is 5.39. The van der Waals surface area contributed by atoms with Crippen LogP contribution in [0.1, 0.15) is 22.1 Å². The molecule has 17 heavy (non-hydrogen) atoms. The first-order chi connectivity index (χ1) is 8.25. The van der Waals surface area contributed by atoms with Crippen LogP contribution in [-0.2, 0) is 4.74 Å². The van der Waals surface area contributed by atoms with Crippen LogP contribution in [0.3, 0.4) is 0 Å². The molecule has 1 aromatic carbocycles. The number of hydrogen-bond acceptors (Lipinski definition) is 4. The molecule has 0 unspecified atom stereocenters. The molecule has 1 aliphatic heterocycles. The molecule has 2 aromatic rings. The minimum absolute atomic E-state index is 0.236. The molecule has 0 radical (unpaired) electrons. The molecule has 0 bridgehead atoms. The Kier molecular flexibility index (Phi) is 2.26. The van der Waals surface area contributed by atoms with Crippen molar-refractivity contribution in [3.05, 3.63) is 35.8 Å². The molecule has 1 saturated heterocycles. The maximum atomic E-state index is 11.3. The normalized spacial score (nSPS) is 15.8. The highest BCUT2D eigenvalue weighted by atomic mass is 16.5. The van der Waals surface area contributed by atoms with E-state index in [-0.39, 0.29) is 5.92 Å². The zero-order chi connectivity index (χ0) is 11.8. The molecule has 3 rings (SSSR count). The average molecular weight is 229 g/mol. The van der Waals surface area contributed by atoms with Gasteiger partial charge in [0.2, 0.25) is 0 Å². The molecule has 0 aliphatic carbocycles. The number of benzene rings is 1. The summed E-state index contributed by atoms with van der Waals surface area (Å²) in [6, 6.07) is 5.32. The van der Waals surface area contributed by atoms with Crippen LogP contribution in [0.2, 0.25) is 0 Å². The SMILES string of the molecule is NC(=O)c1cccc2cnc(C3COC3)nc12. The van der Waals surface area contributed by atoms with E-state index in [2.05, 4.69) is 9.97 Å². The van der Waals surface area contributed by atoms with Crippen molar-refractivity contribution in [3.63, 3.8) is 0 Å². The third kappa shape index (κ3) is 1.64. The van der Waals surface area contributed by atoms with Gasteiger partial charge in [-0.15, -0.1) is 0 Å². The van der Waals surface area contributed by atoms with Gasteiger partial charge in [-0.1, -0.05) is 12.1 Å². The highest BCUT2D eigenvalue weighted by Crippen LogP contribution is 2.23. The van der Waals surface area contributed by atoms with E-state index in [1.54, 1.807) is 18.3 Å². The number of hydrogen-bond donors (Lipinski definition) is 1. The van der Waals surface area contributed by atoms with Gasteiger partial charge in [0, 0.05) is 11.6 Å². The highest BCUT2D eigenvalue weighted by molar-refractivity contribution is 6.04. The van der Waals surface area contributed by atoms with Gasteiger partial charge >= 0.3 is 0 Å². The lowest BCUT2D eigenvalue weighted by Crippen LogP contribution is -2.27. The largest absolute Gasteiger partial charge is 0.380 e. The Hall–Kier alpha value is -2.01. The van der Waals surface area contributed by atoms with Crippen molar-refractivity contribution in [2.45, 2.75) is 5.92 Å². The van der Waals surface area contributed by atoms with Gasteiger partial charge in [-0.25, -0.2) is 9.97 Å². The molecule has 1 aromatic heterocycles. The van der Waals surface area contributed by atoms with Crippen LogP contribution in [0.25, 0.3) is 10.9 Å². The second-order valence-corrected chi connectivity index (χ2v) is 4.07. The lowest BCUT2D eigenvalue weighted by molar-refractivity contribution is 0.00499. The first kappa shape index (κ1) is 10.2. The van der Waals surface area contributed by atoms with Gasteiger partial charge in [-0.2, -0.15) is 0 Å². The second-order valence-electron chi connectivity index (χ2n) is 4.07. The van der Waals surface area contributed by atoms with E-state index < -0.39 is 5.91 Å². The summed E-state index contributed by atoms with van der Waals surface area (Å²) in [5.41, 5.74) is 6.39. The van der Waals surface area contributed by atoms with E-state index in [1.807, 2.05) is 6.07 Å². The maximum Gasteiger partial charge on any atom is 0.250 e. The van der Waals surface area contributed by atoms with Crippen molar-refractivity contribution in [2.75, 3.05) is 13.2 Å². The summed E-state index contributed by atoms with van der Waals surface area (Å²) >= 11 is 0. The monoisotopic (exact) mass is 229 g/mol. The molecular formula is C12H11N3O2. The number of amides is 1. The summed E-state index contributed by atoms with van der Waals surface area (Å²) in [4.78, 5) is 20.0. The zero-order valence-electron chi connectivity index (χ0n) is 9.09. The van der Waals surface area contributed by atoms with Crippen LogP contribution in [0.15, 0.2) is 24.4 Å². The number of carbonyl (C=O) groups excluding carboxylic acids is 1. The molecule has 5 nitrogen and oxygen atoms in total. The third-order valence-electron chi connectivity index (χ3n) is 2.90. The molecular weight excluding hydrogens is 218 g/mol. The Morgan fingerprint density at radius 3 is 2.88 bits per heavy atom. The first-order valence-electron chi connectivity index (χ1n) is 5.39. The summed E-state index contributed by atoms with van der Waals surface area (Å²) < 4.78 is 5.11. The summed E-state index contributed by atoms with van der Waals surface area (Å²) in [7, 11) is 0. The fourth-order valence-corrected chi connectivity index (χ4v) is 1.85. The van der Waals surface area contributed by atoms with Gasteiger partial charge in [0.25, 0.3) is 5.91 Å². The van der Waals surface area contributed by atoms with Crippen molar-refractivity contribution >= 4 is 16.8 Å². The minimum Gasteiger partial charge on any atom is -0.380 e. The fraction of sp³-hybridized carbons (Fsp3) is 0.250. The van der Waals surface area contributed by atoms with Gasteiger partial charge in [-0.05, 0) is 6.07 Å². The standard InChI is InChI=1S/C12H11N3O2/c13-11(16)9-3-1-2-7-4-14-12(15-10(7)9)8-5-17-6-8/h1-4,8H,5-6H2,(H2,13,16). The fourth-order valence-electron chi connectivity index (χ4n) is 1.85. The van der Waals surface area contributed by atoms with Crippen LogP contribution in [0, 0.1) is 0 Å². The van der Waals surface area contributed by atoms with Crippen molar-refractivity contribution in [1.29, 1.82) is 0 Å². The molecule has 0 saturated carbocycles. The van der Waals surface area contributed by atoms with E-state index >= 15 is 0 Å². The highest BCUT2D eigenvalue weighted by Gasteiger charge is 2.24. The Morgan fingerprint density at radius 1 is 1.41 bits per heavy atom. The van der Waals surface area contributed by atoms with Crippen LogP contribution < -0.4 is 5.73 Å². The summed E-state index contributed by atoms with van der Waals surface area (Å²) in [6.07, 6.45) is 1.72. The van der Waals surface area contributed by atoms with Crippen molar-refractivity contribution < 1.29 is 9.53 Å². The van der Waals surface area contributed by atoms with E-state index in [0.717, 1.165) is 11.2 Å². The van der Waals surface area contributed by atoms with Crippen LogP contribution in [-0.4, -0.2) is 29.1 Å². The zero-order valence-corrected chi connectivity index (χ0v) is 9.09. The molecule has 0 spiro atoms. The van der Waals surface area contributed by atoms with Crippen molar-refractivity contribution in [2.24, 2.45) is 5.73 Å². The molecule has 0 atom stereocenters. The number of ether oxygens (including phenoxy) is 1. The number of primary amides is 1. The molecule has 86 valence electrons. The molecule has 1 aliphatic rings. The number of nitrogens with two attached hydrogens (primary N) is 1. The molecule has 2 heterocycles. The van der Waals surface area contributed by atoms with Gasteiger partial charge < -0.3 is 10.5 Å². The number of rotatable bonds is 2. The Balaban J connectivity index is 2.18. The van der Waals surface area contributed by atoms with Gasteiger partial charge in [0.15, 0.2) is 0 Å². The Morgan fingerprint density at radius 2 is 2.24 bits per heavy atom. The topological polar surface area (TPSA) is 78.1 Å². The number of carbonyl (C=O) groups is 1. The van der Waals surface area contributed by atoms with Crippen LogP contribution in [0.4, 0.5) is 0 Å². The van der Waals surface area contributed by atoms with Gasteiger partial charge in [0.05, 0.1) is 30.2 Å². The van der Waals surface area contributed by atoms with E-state index in [0.29, 0.717) is 24.3 Å². The minimum atomic E-state index is -0.467. The Bertz CT molecular complexity index is 593. The average Bonchev–Trinajstić information content (AvgIpc) is 2.25. The maximum absolute atomic E-state index is 11.3. The smallest absolute Gasteiger partial charge is 0.250 e. The van der Waals surface area contributed by atoms with Crippen molar-refractivity contribution in [1.82, 2.24) is 9.97 Å². The number of para-hydroxylation sites is 1. The summed E-state index contributed by atoms with van der Waals surface area (Å²) in [5, 5.41) is 0.824. The lowest BCUT2D eigenvalue weighted by Gasteiger charge is -2.24. The predicted molar refractivity (Wildman–Crippen MR) is 61.6 cm³/mol. The summed E-state index contributed by atoms with van der Waals surface area (Å²) in [6.45, 7) is 1.29. The van der Waals surface area contributed by atoms with Gasteiger partial charge in [0.1, 0.15) is 5.82 Å². The molecule has 1 amide bonds.